The van der Waals surface area contributed by atoms with E-state index in [0.29, 0.717) is 5.92 Å². The van der Waals surface area contributed by atoms with Gasteiger partial charge in [0.15, 0.2) is 0 Å². The summed E-state index contributed by atoms with van der Waals surface area (Å²) in [5.74, 6) is 0.619. The van der Waals surface area contributed by atoms with Crippen molar-refractivity contribution in [3.63, 3.8) is 0 Å². The van der Waals surface area contributed by atoms with E-state index >= 15 is 0 Å². The quantitative estimate of drug-likeness (QED) is 0.603. The summed E-state index contributed by atoms with van der Waals surface area (Å²) < 4.78 is 0. The van der Waals surface area contributed by atoms with Gasteiger partial charge in [0, 0.05) is 0 Å². The lowest BCUT2D eigenvalue weighted by Crippen LogP contribution is -1.98. The van der Waals surface area contributed by atoms with Gasteiger partial charge in [-0.1, -0.05) is 38.7 Å². The number of hydrogen-bond acceptors (Lipinski definition) is 0. The second kappa shape index (κ2) is 5.06. The predicted molar refractivity (Wildman–Crippen MR) is 59.7 cm³/mol. The lowest BCUT2D eigenvalue weighted by atomic mass is 9.93. The van der Waals surface area contributed by atoms with Crippen LogP contribution >= 0.6 is 0 Å². The molecule has 1 unspecified atom stereocenters. The molecular weight excluding hydrogens is 156 g/mol. The smallest absolute Gasteiger partial charge is 0.0193 e. The predicted octanol–water partition coefficient (Wildman–Crippen LogP) is 4.26. The third-order valence-electron chi connectivity index (χ3n) is 2.81. The number of allylic oxidation sites excluding steroid dienone is 5. The van der Waals surface area contributed by atoms with E-state index in [9.17, 15) is 0 Å². The van der Waals surface area contributed by atoms with Crippen molar-refractivity contribution in [2.24, 2.45) is 5.92 Å². The second-order valence-electron chi connectivity index (χ2n) is 3.83. The first kappa shape index (κ1) is 10.3. The van der Waals surface area contributed by atoms with Crippen LogP contribution in [0.2, 0.25) is 0 Å². The minimum Gasteiger partial charge on any atom is -0.0950 e. The molecule has 0 nitrogen and oxygen atoms in total. The highest BCUT2D eigenvalue weighted by Crippen LogP contribution is 2.24. The summed E-state index contributed by atoms with van der Waals surface area (Å²) in [7, 11) is 0. The van der Waals surface area contributed by atoms with E-state index in [1.807, 2.05) is 0 Å². The molecule has 0 heteroatoms. The Morgan fingerprint density at radius 2 is 2.31 bits per heavy atom. The van der Waals surface area contributed by atoms with E-state index in [-0.39, 0.29) is 0 Å². The number of hydrogen-bond donors (Lipinski definition) is 0. The zero-order valence-corrected chi connectivity index (χ0v) is 8.84. The Balaban J connectivity index is 2.68. The number of rotatable bonds is 3. The molecule has 0 aromatic heterocycles. The Bertz CT molecular complexity index is 230. The Morgan fingerprint density at radius 1 is 1.54 bits per heavy atom. The van der Waals surface area contributed by atoms with Crippen LogP contribution in [0.4, 0.5) is 0 Å². The van der Waals surface area contributed by atoms with E-state index in [2.05, 4.69) is 38.7 Å². The van der Waals surface area contributed by atoms with Crippen LogP contribution in [0.3, 0.4) is 0 Å². The zero-order valence-electron chi connectivity index (χ0n) is 8.84. The minimum atomic E-state index is 0.619. The fourth-order valence-corrected chi connectivity index (χ4v) is 1.54. The first-order valence-electron chi connectivity index (χ1n) is 5.31. The Hall–Kier alpha value is -0.780. The first-order valence-corrected chi connectivity index (χ1v) is 5.31. The average molecular weight is 176 g/mol. The molecule has 0 fully saturated rings. The van der Waals surface area contributed by atoms with Gasteiger partial charge in [0.2, 0.25) is 0 Å². The van der Waals surface area contributed by atoms with Crippen molar-refractivity contribution in [3.8, 4) is 0 Å². The fraction of sp³-hybridized carbons (Fsp3) is 0.538. The van der Waals surface area contributed by atoms with E-state index in [1.165, 1.54) is 36.8 Å². The lowest BCUT2D eigenvalue weighted by Gasteiger charge is -2.13. The van der Waals surface area contributed by atoms with Gasteiger partial charge < -0.3 is 0 Å². The molecule has 1 aliphatic rings. The van der Waals surface area contributed by atoms with Crippen molar-refractivity contribution < 1.29 is 0 Å². The summed E-state index contributed by atoms with van der Waals surface area (Å²) in [4.78, 5) is 0. The molecular formula is C13H20. The second-order valence-corrected chi connectivity index (χ2v) is 3.83. The summed E-state index contributed by atoms with van der Waals surface area (Å²) in [6.45, 7) is 8.64. The van der Waals surface area contributed by atoms with Gasteiger partial charge in [-0.25, -0.2) is 0 Å². The summed E-state index contributed by atoms with van der Waals surface area (Å²) in [6.07, 6.45) is 11.7. The van der Waals surface area contributed by atoms with Gasteiger partial charge in [-0.3, -0.25) is 0 Å². The highest BCUT2D eigenvalue weighted by atomic mass is 14.1. The Labute approximate surface area is 82.0 Å². The van der Waals surface area contributed by atoms with E-state index in [0.717, 1.165) is 0 Å². The van der Waals surface area contributed by atoms with Gasteiger partial charge in [-0.15, -0.1) is 0 Å². The molecule has 1 atom stereocenters. The van der Waals surface area contributed by atoms with Crippen LogP contribution in [0.25, 0.3) is 0 Å². The summed E-state index contributed by atoms with van der Waals surface area (Å²) in [5.41, 5.74) is 2.67. The highest BCUT2D eigenvalue weighted by molar-refractivity contribution is 5.39. The van der Waals surface area contributed by atoms with Gasteiger partial charge in [-0.05, 0) is 42.7 Å². The third kappa shape index (κ3) is 2.87. The van der Waals surface area contributed by atoms with Crippen molar-refractivity contribution in [3.05, 3.63) is 36.0 Å². The third-order valence-corrected chi connectivity index (χ3v) is 2.81. The zero-order chi connectivity index (χ0) is 9.68. The molecule has 0 spiro atoms. The molecule has 0 saturated heterocycles. The van der Waals surface area contributed by atoms with Gasteiger partial charge in [0.25, 0.3) is 0 Å². The van der Waals surface area contributed by atoms with Crippen LogP contribution < -0.4 is 0 Å². The molecule has 0 aromatic rings. The van der Waals surface area contributed by atoms with Crippen molar-refractivity contribution in [1.82, 2.24) is 0 Å². The van der Waals surface area contributed by atoms with Gasteiger partial charge in [0.05, 0.1) is 0 Å². The fourth-order valence-electron chi connectivity index (χ4n) is 1.54. The maximum Gasteiger partial charge on any atom is -0.0193 e. The van der Waals surface area contributed by atoms with Crippen molar-refractivity contribution in [2.75, 3.05) is 0 Å². The molecule has 0 aromatic carbocycles. The van der Waals surface area contributed by atoms with Crippen LogP contribution in [0.1, 0.15) is 39.5 Å². The van der Waals surface area contributed by atoms with E-state index in [4.69, 9.17) is 0 Å². The van der Waals surface area contributed by atoms with Crippen LogP contribution in [0, 0.1) is 5.92 Å². The Morgan fingerprint density at radius 3 is 3.00 bits per heavy atom. The molecule has 0 radical (unpaired) electrons. The van der Waals surface area contributed by atoms with E-state index in [1.54, 1.807) is 0 Å². The van der Waals surface area contributed by atoms with E-state index < -0.39 is 0 Å². The molecule has 1 aliphatic carbocycles. The Kier molecular flexibility index (Phi) is 4.01. The van der Waals surface area contributed by atoms with Crippen LogP contribution in [-0.4, -0.2) is 0 Å². The maximum absolute atomic E-state index is 4.17. The molecule has 13 heavy (non-hydrogen) atoms. The normalized spacial score (nSPS) is 19.1. The highest BCUT2D eigenvalue weighted by Gasteiger charge is 2.07. The lowest BCUT2D eigenvalue weighted by molar-refractivity contribution is 0.667. The van der Waals surface area contributed by atoms with Gasteiger partial charge in [0.1, 0.15) is 0 Å². The molecule has 0 aliphatic heterocycles. The van der Waals surface area contributed by atoms with Crippen LogP contribution in [0.5, 0.6) is 0 Å². The maximum atomic E-state index is 4.17. The van der Waals surface area contributed by atoms with Crippen LogP contribution in [-0.2, 0) is 0 Å². The topological polar surface area (TPSA) is 0 Å². The summed E-state index contributed by atoms with van der Waals surface area (Å²) in [5, 5.41) is 0. The molecule has 0 saturated carbocycles. The average Bonchev–Trinajstić information content (AvgIpc) is 2.43. The SMILES string of the molecule is C=C(C1=CCCCC=C1)C(C)CC. The molecule has 0 amide bonds. The van der Waals surface area contributed by atoms with Crippen molar-refractivity contribution in [1.29, 1.82) is 0 Å². The molecule has 0 N–H and O–H groups in total. The largest absolute Gasteiger partial charge is 0.0950 e. The minimum absolute atomic E-state index is 0.619. The van der Waals surface area contributed by atoms with Crippen molar-refractivity contribution >= 4 is 0 Å². The molecule has 0 heterocycles. The molecule has 72 valence electrons. The van der Waals surface area contributed by atoms with Crippen molar-refractivity contribution in [2.45, 2.75) is 39.5 Å². The molecule has 0 bridgehead atoms. The summed E-state index contributed by atoms with van der Waals surface area (Å²) in [6, 6.07) is 0. The summed E-state index contributed by atoms with van der Waals surface area (Å²) >= 11 is 0. The standard InChI is InChI=1S/C13H20/c1-4-11(2)12(3)13-9-7-5-6-8-10-13/h7,9-11H,3-6,8H2,1-2H3. The first-order chi connectivity index (χ1) is 6.25. The van der Waals surface area contributed by atoms with Gasteiger partial charge >= 0.3 is 0 Å². The van der Waals surface area contributed by atoms with Gasteiger partial charge in [-0.2, -0.15) is 0 Å². The molecule has 1 rings (SSSR count). The monoisotopic (exact) mass is 176 g/mol. The van der Waals surface area contributed by atoms with Crippen LogP contribution in [0.15, 0.2) is 36.0 Å².